The molecule has 0 aromatic heterocycles. The standard InChI is InChI=1S/C19H24ClFN2O/c1-23(2)11-3-10-22-13-15-4-8-18(9-5-15)24-14-16-6-7-17(21)12-19(16)20/h4-9,12,22H,3,10-11,13-14H2,1-2H3. The Bertz CT molecular complexity index is 632. The zero-order valence-electron chi connectivity index (χ0n) is 14.2. The normalized spacial score (nSPS) is 11.0. The van der Waals surface area contributed by atoms with Crippen molar-refractivity contribution >= 4 is 11.6 Å². The summed E-state index contributed by atoms with van der Waals surface area (Å²) in [5.74, 6) is 0.429. The lowest BCUT2D eigenvalue weighted by molar-refractivity contribution is 0.306. The lowest BCUT2D eigenvalue weighted by Gasteiger charge is -2.11. The Morgan fingerprint density at radius 3 is 2.54 bits per heavy atom. The van der Waals surface area contributed by atoms with E-state index in [1.165, 1.54) is 17.7 Å². The monoisotopic (exact) mass is 350 g/mol. The summed E-state index contributed by atoms with van der Waals surface area (Å²) in [6, 6.07) is 12.3. The van der Waals surface area contributed by atoms with Gasteiger partial charge in [0.1, 0.15) is 18.2 Å². The highest BCUT2D eigenvalue weighted by Crippen LogP contribution is 2.20. The molecule has 1 N–H and O–H groups in total. The number of ether oxygens (including phenoxy) is 1. The molecule has 5 heteroatoms. The quantitative estimate of drug-likeness (QED) is 0.689. The van der Waals surface area contributed by atoms with Gasteiger partial charge in [0.25, 0.3) is 0 Å². The van der Waals surface area contributed by atoms with E-state index in [2.05, 4.69) is 24.3 Å². The van der Waals surface area contributed by atoms with Crippen LogP contribution in [0.25, 0.3) is 0 Å². The second kappa shape index (κ2) is 9.62. The molecule has 0 radical (unpaired) electrons. The Morgan fingerprint density at radius 2 is 1.88 bits per heavy atom. The molecule has 3 nitrogen and oxygen atoms in total. The smallest absolute Gasteiger partial charge is 0.124 e. The first-order chi connectivity index (χ1) is 11.5. The lowest BCUT2D eigenvalue weighted by atomic mass is 10.2. The van der Waals surface area contributed by atoms with E-state index in [1.54, 1.807) is 6.07 Å². The van der Waals surface area contributed by atoms with Crippen molar-refractivity contribution in [3.05, 3.63) is 64.4 Å². The van der Waals surface area contributed by atoms with Crippen molar-refractivity contribution < 1.29 is 9.13 Å². The van der Waals surface area contributed by atoms with Gasteiger partial charge in [0.05, 0.1) is 5.02 Å². The van der Waals surface area contributed by atoms with Crippen LogP contribution in [0.1, 0.15) is 17.5 Å². The van der Waals surface area contributed by atoms with E-state index in [0.717, 1.165) is 37.4 Å². The molecule has 0 spiro atoms. The Morgan fingerprint density at radius 1 is 1.12 bits per heavy atom. The summed E-state index contributed by atoms with van der Waals surface area (Å²) in [5, 5.41) is 3.81. The molecule has 0 aliphatic heterocycles. The second-order valence-corrected chi connectivity index (χ2v) is 6.41. The molecule has 0 unspecified atom stereocenters. The molecule has 0 aliphatic carbocycles. The van der Waals surface area contributed by atoms with Crippen LogP contribution in [-0.2, 0) is 13.2 Å². The van der Waals surface area contributed by atoms with Gasteiger partial charge in [-0.25, -0.2) is 4.39 Å². The third-order valence-electron chi connectivity index (χ3n) is 3.62. The molecule has 0 aliphatic rings. The molecular formula is C19H24ClFN2O. The summed E-state index contributed by atoms with van der Waals surface area (Å²) in [4.78, 5) is 2.18. The van der Waals surface area contributed by atoms with Crippen LogP contribution in [0.4, 0.5) is 4.39 Å². The Balaban J connectivity index is 1.75. The summed E-state index contributed by atoms with van der Waals surface area (Å²) in [6.07, 6.45) is 1.13. The molecule has 2 rings (SSSR count). The van der Waals surface area contributed by atoms with Gasteiger partial charge in [0, 0.05) is 12.1 Å². The van der Waals surface area contributed by atoms with Crippen molar-refractivity contribution in [2.24, 2.45) is 0 Å². The summed E-state index contributed by atoms with van der Waals surface area (Å²) in [5.41, 5.74) is 1.98. The highest BCUT2D eigenvalue weighted by molar-refractivity contribution is 6.31. The molecule has 0 heterocycles. The maximum absolute atomic E-state index is 13.0. The van der Waals surface area contributed by atoms with Gasteiger partial charge in [-0.2, -0.15) is 0 Å². The van der Waals surface area contributed by atoms with E-state index in [4.69, 9.17) is 16.3 Å². The number of nitrogens with zero attached hydrogens (tertiary/aromatic N) is 1. The van der Waals surface area contributed by atoms with Gasteiger partial charge >= 0.3 is 0 Å². The van der Waals surface area contributed by atoms with Crippen molar-refractivity contribution in [1.29, 1.82) is 0 Å². The van der Waals surface area contributed by atoms with E-state index in [-0.39, 0.29) is 5.82 Å². The minimum Gasteiger partial charge on any atom is -0.489 e. The van der Waals surface area contributed by atoms with E-state index in [9.17, 15) is 4.39 Å². The van der Waals surface area contributed by atoms with Crippen molar-refractivity contribution in [3.63, 3.8) is 0 Å². The number of halogens is 2. The number of benzene rings is 2. The SMILES string of the molecule is CN(C)CCCNCc1ccc(OCc2ccc(F)cc2Cl)cc1. The number of hydrogen-bond donors (Lipinski definition) is 1. The maximum Gasteiger partial charge on any atom is 0.124 e. The molecule has 24 heavy (non-hydrogen) atoms. The van der Waals surface area contributed by atoms with Crippen LogP contribution in [0, 0.1) is 5.82 Å². The van der Waals surface area contributed by atoms with Crippen molar-refractivity contribution in [3.8, 4) is 5.75 Å². The molecule has 0 saturated carbocycles. The minimum atomic E-state index is -0.341. The molecule has 0 amide bonds. The fourth-order valence-electron chi connectivity index (χ4n) is 2.26. The van der Waals surface area contributed by atoms with Gasteiger partial charge in [-0.15, -0.1) is 0 Å². The first-order valence-electron chi connectivity index (χ1n) is 8.06. The fourth-order valence-corrected chi connectivity index (χ4v) is 2.48. The van der Waals surface area contributed by atoms with Gasteiger partial charge in [-0.05, 0) is 63.4 Å². The van der Waals surface area contributed by atoms with Crippen LogP contribution >= 0.6 is 11.6 Å². The molecular weight excluding hydrogens is 327 g/mol. The van der Waals surface area contributed by atoms with Crippen molar-refractivity contribution in [2.75, 3.05) is 27.2 Å². The first-order valence-corrected chi connectivity index (χ1v) is 8.43. The van der Waals surface area contributed by atoms with Gasteiger partial charge in [-0.1, -0.05) is 29.8 Å². The molecule has 0 atom stereocenters. The number of rotatable bonds is 9. The van der Waals surface area contributed by atoms with E-state index >= 15 is 0 Å². The first kappa shape index (κ1) is 18.7. The Kier molecular flexibility index (Phi) is 7.50. The lowest BCUT2D eigenvalue weighted by Crippen LogP contribution is -2.20. The van der Waals surface area contributed by atoms with Crippen LogP contribution in [0.15, 0.2) is 42.5 Å². The zero-order valence-corrected chi connectivity index (χ0v) is 14.9. The van der Waals surface area contributed by atoms with Gasteiger partial charge in [0.15, 0.2) is 0 Å². The average Bonchev–Trinajstić information content (AvgIpc) is 2.54. The average molecular weight is 351 g/mol. The van der Waals surface area contributed by atoms with Crippen LogP contribution in [0.3, 0.4) is 0 Å². The zero-order chi connectivity index (χ0) is 17.4. The topological polar surface area (TPSA) is 24.5 Å². The number of nitrogens with one attached hydrogen (secondary N) is 1. The predicted octanol–water partition coefficient (Wildman–Crippen LogP) is 4.10. The van der Waals surface area contributed by atoms with E-state index in [1.807, 2.05) is 24.3 Å². The van der Waals surface area contributed by atoms with Gasteiger partial charge in [-0.3, -0.25) is 0 Å². The highest BCUT2D eigenvalue weighted by atomic mass is 35.5. The van der Waals surface area contributed by atoms with E-state index < -0.39 is 0 Å². The summed E-state index contributed by atoms with van der Waals surface area (Å²) < 4.78 is 18.7. The van der Waals surface area contributed by atoms with Gasteiger partial charge in [0.2, 0.25) is 0 Å². The number of hydrogen-bond acceptors (Lipinski definition) is 3. The third kappa shape index (κ3) is 6.48. The highest BCUT2D eigenvalue weighted by Gasteiger charge is 2.03. The minimum absolute atomic E-state index is 0.321. The largest absolute Gasteiger partial charge is 0.489 e. The summed E-state index contributed by atoms with van der Waals surface area (Å²) in [6.45, 7) is 3.25. The molecule has 2 aromatic carbocycles. The molecule has 130 valence electrons. The van der Waals surface area contributed by atoms with Crippen LogP contribution in [-0.4, -0.2) is 32.1 Å². The summed E-state index contributed by atoms with van der Waals surface area (Å²) in [7, 11) is 4.16. The Hall–Kier alpha value is -1.62. The molecule has 2 aromatic rings. The molecule has 0 fully saturated rings. The molecule has 0 saturated heterocycles. The van der Waals surface area contributed by atoms with Crippen molar-refractivity contribution in [1.82, 2.24) is 10.2 Å². The third-order valence-corrected chi connectivity index (χ3v) is 3.97. The van der Waals surface area contributed by atoms with Crippen LogP contribution in [0.5, 0.6) is 5.75 Å². The van der Waals surface area contributed by atoms with E-state index in [0.29, 0.717) is 11.6 Å². The van der Waals surface area contributed by atoms with Crippen LogP contribution in [0.2, 0.25) is 5.02 Å². The Labute approximate surface area is 148 Å². The van der Waals surface area contributed by atoms with Crippen molar-refractivity contribution in [2.45, 2.75) is 19.6 Å². The predicted molar refractivity (Wildman–Crippen MR) is 97.1 cm³/mol. The fraction of sp³-hybridized carbons (Fsp3) is 0.368. The van der Waals surface area contributed by atoms with Crippen LogP contribution < -0.4 is 10.1 Å². The maximum atomic E-state index is 13.0. The summed E-state index contributed by atoms with van der Waals surface area (Å²) >= 11 is 5.99. The second-order valence-electron chi connectivity index (χ2n) is 6.00. The van der Waals surface area contributed by atoms with Gasteiger partial charge < -0.3 is 15.0 Å². The molecule has 0 bridgehead atoms.